The molecule has 0 saturated carbocycles. The number of hydrogen-bond acceptors (Lipinski definition) is 4. The van der Waals surface area contributed by atoms with Gasteiger partial charge in [-0.25, -0.2) is 8.42 Å². The monoisotopic (exact) mass is 464 g/mol. The number of aryl methyl sites for hydroxylation is 3. The van der Waals surface area contributed by atoms with Gasteiger partial charge in [0, 0.05) is 12.8 Å². The van der Waals surface area contributed by atoms with Crippen molar-refractivity contribution < 1.29 is 17.9 Å². The van der Waals surface area contributed by atoms with Crippen molar-refractivity contribution >= 4 is 15.8 Å². The molecule has 174 valence electrons. The molecule has 0 bridgehead atoms. The van der Waals surface area contributed by atoms with Crippen molar-refractivity contribution in [1.29, 1.82) is 0 Å². The van der Waals surface area contributed by atoms with E-state index in [4.69, 9.17) is 4.74 Å². The van der Waals surface area contributed by atoms with E-state index in [0.717, 1.165) is 27.8 Å². The molecule has 0 radical (unpaired) electrons. The van der Waals surface area contributed by atoms with E-state index < -0.39 is 33.1 Å². The Morgan fingerprint density at radius 2 is 1.39 bits per heavy atom. The van der Waals surface area contributed by atoms with Crippen LogP contribution in [0.3, 0.4) is 0 Å². The average Bonchev–Trinajstić information content (AvgIpc) is 2.75. The third-order valence-electron chi connectivity index (χ3n) is 6.05. The van der Waals surface area contributed by atoms with Gasteiger partial charge >= 0.3 is 5.97 Å². The third-order valence-corrected chi connectivity index (χ3v) is 8.66. The zero-order chi connectivity index (χ0) is 24.2. The van der Waals surface area contributed by atoms with Crippen LogP contribution in [-0.2, 0) is 25.8 Å². The number of benzene rings is 3. The van der Waals surface area contributed by atoms with Gasteiger partial charge in [-0.05, 0) is 49.4 Å². The van der Waals surface area contributed by atoms with Crippen molar-refractivity contribution in [2.75, 3.05) is 0 Å². The third kappa shape index (κ3) is 5.72. The van der Waals surface area contributed by atoms with Gasteiger partial charge in [-0.3, -0.25) is 4.79 Å². The van der Waals surface area contributed by atoms with Crippen molar-refractivity contribution in [3.8, 4) is 0 Å². The lowest BCUT2D eigenvalue weighted by Crippen LogP contribution is -2.36. The summed E-state index contributed by atoms with van der Waals surface area (Å²) < 4.78 is 34.1. The molecule has 33 heavy (non-hydrogen) atoms. The first-order valence-electron chi connectivity index (χ1n) is 11.2. The second-order valence-corrected chi connectivity index (χ2v) is 10.9. The fraction of sp³-hybridized carbons (Fsp3) is 0.321. The minimum Gasteiger partial charge on any atom is -0.457 e. The highest BCUT2D eigenvalue weighted by Gasteiger charge is 2.39. The Kier molecular flexibility index (Phi) is 7.75. The minimum absolute atomic E-state index is 0.321. The summed E-state index contributed by atoms with van der Waals surface area (Å²) in [5.74, 6) is -0.920. The van der Waals surface area contributed by atoms with Crippen molar-refractivity contribution in [2.24, 2.45) is 5.92 Å². The first-order chi connectivity index (χ1) is 15.6. The van der Waals surface area contributed by atoms with Crippen LogP contribution in [0.2, 0.25) is 0 Å². The predicted octanol–water partition coefficient (Wildman–Crippen LogP) is 5.94. The van der Waals surface area contributed by atoms with E-state index in [2.05, 4.69) is 0 Å². The number of hydrogen-bond donors (Lipinski definition) is 0. The maximum absolute atomic E-state index is 14.2. The molecule has 0 spiro atoms. The van der Waals surface area contributed by atoms with E-state index in [0.29, 0.717) is 11.3 Å². The molecule has 4 nitrogen and oxygen atoms in total. The van der Waals surface area contributed by atoms with Crippen LogP contribution in [0.25, 0.3) is 0 Å². The van der Waals surface area contributed by atoms with Gasteiger partial charge in [-0.1, -0.05) is 85.3 Å². The van der Waals surface area contributed by atoms with E-state index >= 15 is 0 Å². The molecule has 0 aliphatic carbocycles. The Labute approximate surface area is 197 Å². The van der Waals surface area contributed by atoms with Crippen LogP contribution in [0.15, 0.2) is 77.7 Å². The van der Waals surface area contributed by atoms with Gasteiger partial charge in [-0.2, -0.15) is 0 Å². The van der Waals surface area contributed by atoms with E-state index in [1.54, 1.807) is 0 Å². The Bertz CT molecular complexity index is 1180. The molecular weight excluding hydrogens is 432 g/mol. The molecule has 0 aromatic heterocycles. The van der Waals surface area contributed by atoms with Crippen LogP contribution < -0.4 is 0 Å². The average molecular weight is 465 g/mol. The molecule has 1 unspecified atom stereocenters. The van der Waals surface area contributed by atoms with E-state index in [-0.39, 0.29) is 0 Å². The maximum Gasteiger partial charge on any atom is 0.303 e. The number of sulfone groups is 1. The van der Waals surface area contributed by atoms with Crippen LogP contribution in [0, 0.1) is 26.7 Å². The molecule has 3 rings (SSSR count). The number of carbonyl (C=O) groups excluding carboxylic acids is 1. The zero-order valence-electron chi connectivity index (χ0n) is 19.9. The molecule has 0 heterocycles. The summed E-state index contributed by atoms with van der Waals surface area (Å²) in [7, 11) is -3.76. The van der Waals surface area contributed by atoms with Crippen LogP contribution in [0.1, 0.15) is 47.8 Å². The molecule has 0 aliphatic rings. The van der Waals surface area contributed by atoms with Crippen LogP contribution in [-0.4, -0.2) is 19.6 Å². The standard InChI is InChI=1S/C28H32O4S/c1-19-16-20(2)28(21(3)17-19)33(30,31)26(18-24-12-8-6-9-13-24)22(4)27(32-23(5)29)25-14-10-7-11-15-25/h6-17,22,26-27H,18H2,1-5H3/t22-,26?,27+/m1/s1. The van der Waals surface area contributed by atoms with E-state index in [1.165, 1.54) is 6.92 Å². The van der Waals surface area contributed by atoms with Crippen molar-refractivity contribution in [3.63, 3.8) is 0 Å². The summed E-state index contributed by atoms with van der Waals surface area (Å²) in [5.41, 5.74) is 4.21. The quantitative estimate of drug-likeness (QED) is 0.387. The summed E-state index contributed by atoms with van der Waals surface area (Å²) in [6, 6.07) is 22.8. The summed E-state index contributed by atoms with van der Waals surface area (Å²) in [6.07, 6.45) is -0.361. The van der Waals surface area contributed by atoms with E-state index in [1.807, 2.05) is 100 Å². The highest BCUT2D eigenvalue weighted by molar-refractivity contribution is 7.92. The fourth-order valence-electron chi connectivity index (χ4n) is 4.69. The molecule has 0 amide bonds. The largest absolute Gasteiger partial charge is 0.457 e. The molecule has 3 atom stereocenters. The molecule has 3 aromatic carbocycles. The number of ether oxygens (including phenoxy) is 1. The predicted molar refractivity (Wildman–Crippen MR) is 132 cm³/mol. The Hall–Kier alpha value is -2.92. The second-order valence-electron chi connectivity index (χ2n) is 8.80. The number of carbonyl (C=O) groups is 1. The molecule has 0 fully saturated rings. The van der Waals surface area contributed by atoms with Gasteiger partial charge in [0.1, 0.15) is 6.10 Å². The SMILES string of the molecule is CC(=O)O[C@H](c1ccccc1)[C@H](C)C(Cc1ccccc1)S(=O)(=O)c1c(C)cc(C)cc1C. The lowest BCUT2D eigenvalue weighted by Gasteiger charge is -2.32. The summed E-state index contributed by atoms with van der Waals surface area (Å²) >= 11 is 0. The molecular formula is C28H32O4S. The van der Waals surface area contributed by atoms with Gasteiger partial charge in [0.15, 0.2) is 9.84 Å². The smallest absolute Gasteiger partial charge is 0.303 e. The number of rotatable bonds is 8. The minimum atomic E-state index is -3.76. The van der Waals surface area contributed by atoms with Gasteiger partial charge < -0.3 is 4.74 Å². The zero-order valence-corrected chi connectivity index (χ0v) is 20.7. The lowest BCUT2D eigenvalue weighted by atomic mass is 9.91. The second kappa shape index (κ2) is 10.3. The molecule has 0 aliphatic heterocycles. The van der Waals surface area contributed by atoms with Gasteiger partial charge in [-0.15, -0.1) is 0 Å². The van der Waals surface area contributed by atoms with E-state index in [9.17, 15) is 13.2 Å². The lowest BCUT2D eigenvalue weighted by molar-refractivity contribution is -0.149. The molecule has 5 heteroatoms. The van der Waals surface area contributed by atoms with Crippen molar-refractivity contribution in [1.82, 2.24) is 0 Å². The highest BCUT2D eigenvalue weighted by atomic mass is 32.2. The van der Waals surface area contributed by atoms with Crippen LogP contribution in [0.5, 0.6) is 0 Å². The maximum atomic E-state index is 14.2. The Morgan fingerprint density at radius 3 is 1.91 bits per heavy atom. The van der Waals surface area contributed by atoms with Crippen LogP contribution >= 0.6 is 0 Å². The topological polar surface area (TPSA) is 60.4 Å². The first kappa shape index (κ1) is 24.7. The Balaban J connectivity index is 2.15. The highest BCUT2D eigenvalue weighted by Crippen LogP contribution is 2.37. The normalized spacial score (nSPS) is 14.3. The van der Waals surface area contributed by atoms with Crippen LogP contribution in [0.4, 0.5) is 0 Å². The molecule has 0 saturated heterocycles. The molecule has 0 N–H and O–H groups in total. The number of esters is 1. The summed E-state index contributed by atoms with van der Waals surface area (Å²) in [5, 5.41) is -0.787. The first-order valence-corrected chi connectivity index (χ1v) is 12.7. The van der Waals surface area contributed by atoms with Crippen molar-refractivity contribution in [2.45, 2.75) is 57.3 Å². The van der Waals surface area contributed by atoms with Gasteiger partial charge in [0.05, 0.1) is 10.1 Å². The van der Waals surface area contributed by atoms with Gasteiger partial charge in [0.2, 0.25) is 0 Å². The van der Waals surface area contributed by atoms with Crippen molar-refractivity contribution in [3.05, 3.63) is 101 Å². The summed E-state index contributed by atoms with van der Waals surface area (Å²) in [6.45, 7) is 8.88. The van der Waals surface area contributed by atoms with Gasteiger partial charge in [0.25, 0.3) is 0 Å². The fourth-order valence-corrected chi connectivity index (χ4v) is 7.12. The molecule has 3 aromatic rings. The summed E-state index contributed by atoms with van der Waals surface area (Å²) in [4.78, 5) is 12.4. The Morgan fingerprint density at radius 1 is 0.879 bits per heavy atom.